The maximum Gasteiger partial charge on any atom is 0.255 e. The van der Waals surface area contributed by atoms with Gasteiger partial charge >= 0.3 is 0 Å². The van der Waals surface area contributed by atoms with Gasteiger partial charge in [-0.05, 0) is 36.5 Å². The first kappa shape index (κ1) is 16.9. The molecule has 2 N–H and O–H groups in total. The number of ether oxygens (including phenoxy) is 1. The van der Waals surface area contributed by atoms with Crippen molar-refractivity contribution >= 4 is 18.1 Å². The molecule has 0 radical (unpaired) electrons. The van der Waals surface area contributed by atoms with E-state index in [1.807, 2.05) is 49.5 Å². The van der Waals surface area contributed by atoms with E-state index in [0.29, 0.717) is 34.8 Å². The van der Waals surface area contributed by atoms with Crippen LogP contribution >= 0.6 is 12.2 Å². The van der Waals surface area contributed by atoms with Gasteiger partial charge in [0.05, 0.1) is 5.56 Å². The third-order valence-corrected chi connectivity index (χ3v) is 4.07. The van der Waals surface area contributed by atoms with Crippen LogP contribution in [0.5, 0.6) is 11.5 Å². The van der Waals surface area contributed by atoms with Crippen LogP contribution in [0.3, 0.4) is 0 Å². The number of amides is 1. The molecule has 0 saturated carbocycles. The summed E-state index contributed by atoms with van der Waals surface area (Å²) in [4.78, 5) is 12.5. The summed E-state index contributed by atoms with van der Waals surface area (Å²) in [6, 6.07) is 16.5. The summed E-state index contributed by atoms with van der Waals surface area (Å²) < 4.78 is 8.17. The van der Waals surface area contributed by atoms with E-state index in [4.69, 9.17) is 17.0 Å². The number of para-hydroxylation sites is 2. The molecule has 1 aromatic heterocycles. The van der Waals surface area contributed by atoms with E-state index >= 15 is 0 Å². The molecule has 1 amide bonds. The minimum absolute atomic E-state index is 0.191. The van der Waals surface area contributed by atoms with Crippen molar-refractivity contribution in [1.29, 1.82) is 0 Å². The highest BCUT2D eigenvalue weighted by atomic mass is 32.1. The Bertz CT molecular complexity index is 918. The van der Waals surface area contributed by atoms with E-state index in [0.717, 1.165) is 5.82 Å². The molecule has 0 spiro atoms. The molecule has 7 heteroatoms. The minimum Gasteiger partial charge on any atom is -0.457 e. The van der Waals surface area contributed by atoms with Crippen molar-refractivity contribution in [3.63, 3.8) is 0 Å². The molecule has 2 aromatic carbocycles. The van der Waals surface area contributed by atoms with E-state index in [2.05, 4.69) is 15.5 Å². The predicted molar refractivity (Wildman–Crippen MR) is 97.4 cm³/mol. The van der Waals surface area contributed by atoms with Crippen molar-refractivity contribution in [2.24, 2.45) is 7.05 Å². The molecular formula is C18H18N4O2S. The van der Waals surface area contributed by atoms with Gasteiger partial charge in [-0.15, -0.1) is 0 Å². The Kier molecular flexibility index (Phi) is 5.25. The Balaban J connectivity index is 1.66. The van der Waals surface area contributed by atoms with Crippen LogP contribution in [0.25, 0.3) is 0 Å². The fourth-order valence-electron chi connectivity index (χ4n) is 2.34. The van der Waals surface area contributed by atoms with E-state index in [1.165, 1.54) is 0 Å². The molecule has 3 aromatic rings. The van der Waals surface area contributed by atoms with E-state index in [-0.39, 0.29) is 5.91 Å². The quantitative estimate of drug-likeness (QED) is 0.667. The number of aromatic amines is 1. The number of nitrogens with one attached hydrogen (secondary N) is 2. The van der Waals surface area contributed by atoms with Crippen molar-refractivity contribution in [1.82, 2.24) is 20.1 Å². The van der Waals surface area contributed by atoms with Crippen LogP contribution in [0.1, 0.15) is 16.2 Å². The minimum atomic E-state index is -0.191. The molecule has 3 rings (SSSR count). The van der Waals surface area contributed by atoms with Crippen LogP contribution in [0.15, 0.2) is 54.6 Å². The molecule has 0 atom stereocenters. The summed E-state index contributed by atoms with van der Waals surface area (Å²) in [5, 5.41) is 9.74. The second-order valence-corrected chi connectivity index (χ2v) is 5.81. The summed E-state index contributed by atoms with van der Waals surface area (Å²) >= 11 is 5.07. The highest BCUT2D eigenvalue weighted by Gasteiger charge is 2.13. The average Bonchev–Trinajstić information content (AvgIpc) is 2.95. The molecule has 0 fully saturated rings. The van der Waals surface area contributed by atoms with Gasteiger partial charge in [-0.3, -0.25) is 9.89 Å². The van der Waals surface area contributed by atoms with Crippen molar-refractivity contribution in [2.45, 2.75) is 6.42 Å². The van der Waals surface area contributed by atoms with Gasteiger partial charge in [0.15, 0.2) is 4.77 Å². The van der Waals surface area contributed by atoms with Gasteiger partial charge in [0.25, 0.3) is 5.91 Å². The maximum atomic E-state index is 12.5. The normalized spacial score (nSPS) is 10.4. The molecule has 0 bridgehead atoms. The standard InChI is InChI=1S/C18H18N4O2S/c1-22-16(20-21-18(22)25)11-12-19-17(23)14-9-5-6-10-15(14)24-13-7-3-2-4-8-13/h2-10H,11-12H2,1H3,(H,19,23)(H,21,25). The molecule has 25 heavy (non-hydrogen) atoms. The van der Waals surface area contributed by atoms with Crippen LogP contribution in [-0.4, -0.2) is 27.2 Å². The number of nitrogens with zero attached hydrogens (tertiary/aromatic N) is 2. The Labute approximate surface area is 150 Å². The van der Waals surface area contributed by atoms with E-state index in [1.54, 1.807) is 16.7 Å². The molecule has 6 nitrogen and oxygen atoms in total. The monoisotopic (exact) mass is 354 g/mol. The van der Waals surface area contributed by atoms with Crippen molar-refractivity contribution in [3.8, 4) is 11.5 Å². The first-order valence-corrected chi connectivity index (χ1v) is 8.26. The van der Waals surface area contributed by atoms with Crippen LogP contribution in [0.2, 0.25) is 0 Å². The number of aromatic nitrogens is 3. The van der Waals surface area contributed by atoms with Crippen molar-refractivity contribution < 1.29 is 9.53 Å². The fraction of sp³-hybridized carbons (Fsp3) is 0.167. The van der Waals surface area contributed by atoms with E-state index < -0.39 is 0 Å². The Hall–Kier alpha value is -2.93. The largest absolute Gasteiger partial charge is 0.457 e. The summed E-state index contributed by atoms with van der Waals surface area (Å²) in [7, 11) is 1.84. The van der Waals surface area contributed by atoms with E-state index in [9.17, 15) is 4.79 Å². The smallest absolute Gasteiger partial charge is 0.255 e. The fourth-order valence-corrected chi connectivity index (χ4v) is 2.50. The van der Waals surface area contributed by atoms with Gasteiger partial charge in [-0.25, -0.2) is 0 Å². The second kappa shape index (κ2) is 7.76. The predicted octanol–water partition coefficient (Wildman–Crippen LogP) is 3.24. The second-order valence-electron chi connectivity index (χ2n) is 5.42. The number of rotatable bonds is 6. The summed E-state index contributed by atoms with van der Waals surface area (Å²) in [5.41, 5.74) is 0.488. The van der Waals surface area contributed by atoms with Gasteiger partial charge in [0.1, 0.15) is 17.3 Å². The zero-order chi connectivity index (χ0) is 17.6. The Morgan fingerprint density at radius 1 is 1.20 bits per heavy atom. The van der Waals surface area contributed by atoms with Crippen molar-refractivity contribution in [3.05, 3.63) is 70.8 Å². The number of carbonyl (C=O) groups excluding carboxylic acids is 1. The molecule has 0 aliphatic carbocycles. The van der Waals surface area contributed by atoms with Gasteiger partial charge < -0.3 is 14.6 Å². The molecule has 128 valence electrons. The lowest BCUT2D eigenvalue weighted by molar-refractivity contribution is 0.0951. The lowest BCUT2D eigenvalue weighted by Crippen LogP contribution is -2.26. The van der Waals surface area contributed by atoms with Crippen LogP contribution in [0, 0.1) is 4.77 Å². The van der Waals surface area contributed by atoms with Gasteiger partial charge in [-0.1, -0.05) is 30.3 Å². The Morgan fingerprint density at radius 2 is 1.92 bits per heavy atom. The molecule has 1 heterocycles. The Morgan fingerprint density at radius 3 is 2.64 bits per heavy atom. The number of hydrogen-bond donors (Lipinski definition) is 2. The molecular weight excluding hydrogens is 336 g/mol. The highest BCUT2D eigenvalue weighted by Crippen LogP contribution is 2.24. The summed E-state index contributed by atoms with van der Waals surface area (Å²) in [6.07, 6.45) is 0.580. The van der Waals surface area contributed by atoms with Gasteiger partial charge in [0, 0.05) is 20.0 Å². The lowest BCUT2D eigenvalue weighted by atomic mass is 10.2. The maximum absolute atomic E-state index is 12.5. The number of H-pyrrole nitrogens is 1. The van der Waals surface area contributed by atoms with Crippen LogP contribution < -0.4 is 10.1 Å². The third kappa shape index (κ3) is 4.13. The molecule has 0 unspecified atom stereocenters. The summed E-state index contributed by atoms with van der Waals surface area (Å²) in [6.45, 7) is 0.450. The van der Waals surface area contributed by atoms with Crippen LogP contribution in [0.4, 0.5) is 0 Å². The SMILES string of the molecule is Cn1c(CCNC(=O)c2ccccc2Oc2ccccc2)n[nH]c1=S. The van der Waals surface area contributed by atoms with Gasteiger partial charge in [-0.2, -0.15) is 5.10 Å². The highest BCUT2D eigenvalue weighted by molar-refractivity contribution is 7.71. The zero-order valence-corrected chi connectivity index (χ0v) is 14.5. The first-order chi connectivity index (χ1) is 12.1. The van der Waals surface area contributed by atoms with Gasteiger partial charge in [0.2, 0.25) is 0 Å². The molecule has 0 saturated heterocycles. The first-order valence-electron chi connectivity index (χ1n) is 7.85. The molecule has 0 aliphatic rings. The molecule has 0 aliphatic heterocycles. The van der Waals surface area contributed by atoms with Crippen LogP contribution in [-0.2, 0) is 13.5 Å². The lowest BCUT2D eigenvalue weighted by Gasteiger charge is -2.11. The number of hydrogen-bond acceptors (Lipinski definition) is 4. The summed E-state index contributed by atoms with van der Waals surface area (Å²) in [5.74, 6) is 1.80. The van der Waals surface area contributed by atoms with Crippen molar-refractivity contribution in [2.75, 3.05) is 6.54 Å². The number of benzene rings is 2. The average molecular weight is 354 g/mol. The third-order valence-electron chi connectivity index (χ3n) is 3.71. The topological polar surface area (TPSA) is 71.9 Å². The zero-order valence-electron chi connectivity index (χ0n) is 13.7. The number of carbonyl (C=O) groups is 1.